The highest BCUT2D eigenvalue weighted by molar-refractivity contribution is 7.80. The lowest BCUT2D eigenvalue weighted by atomic mass is 10.3. The fourth-order valence-corrected chi connectivity index (χ4v) is 2.73. The molecule has 0 bridgehead atoms. The third kappa shape index (κ3) is 4.73. The van der Waals surface area contributed by atoms with E-state index in [-0.39, 0.29) is 0 Å². The smallest absolute Gasteiger partial charge is 0.186 e. The highest BCUT2D eigenvalue weighted by Crippen LogP contribution is 2.21. The van der Waals surface area contributed by atoms with Gasteiger partial charge in [0.2, 0.25) is 0 Å². The van der Waals surface area contributed by atoms with E-state index in [1.807, 2.05) is 25.1 Å². The minimum Gasteiger partial charge on any atom is -0.385 e. The third-order valence-corrected chi connectivity index (χ3v) is 4.12. The van der Waals surface area contributed by atoms with Crippen molar-refractivity contribution in [2.75, 3.05) is 20.3 Å². The average molecular weight is 322 g/mol. The third-order valence-electron chi connectivity index (χ3n) is 2.74. The maximum Gasteiger partial charge on any atom is 0.186 e. The van der Waals surface area contributed by atoms with E-state index in [9.17, 15) is 0 Å². The first-order chi connectivity index (χ1) is 10.2. The van der Waals surface area contributed by atoms with Gasteiger partial charge in [0, 0.05) is 20.3 Å². The number of thiocarbonyl (C=S) groups is 1. The Morgan fingerprint density at radius 3 is 3.00 bits per heavy atom. The number of nitrogens with one attached hydrogen (secondary N) is 2. The topological polar surface area (TPSA) is 58.5 Å². The number of fused-ring (bicyclic) bond motifs is 1. The Morgan fingerprint density at radius 2 is 2.24 bits per heavy atom. The van der Waals surface area contributed by atoms with Crippen LogP contribution in [0.5, 0.6) is 0 Å². The van der Waals surface area contributed by atoms with Crippen molar-refractivity contribution in [2.24, 2.45) is 5.10 Å². The first-order valence-electron chi connectivity index (χ1n) is 6.63. The number of rotatable bonds is 6. The Labute approximate surface area is 133 Å². The summed E-state index contributed by atoms with van der Waals surface area (Å²) < 4.78 is 6.13. The summed E-state index contributed by atoms with van der Waals surface area (Å²) in [6, 6.07) is 8.04. The zero-order chi connectivity index (χ0) is 15.1. The number of para-hydroxylation sites is 1. The van der Waals surface area contributed by atoms with Gasteiger partial charge in [-0.3, -0.25) is 5.43 Å². The summed E-state index contributed by atoms with van der Waals surface area (Å²) >= 11 is 6.77. The Hall–Kier alpha value is -1.57. The summed E-state index contributed by atoms with van der Waals surface area (Å²) in [4.78, 5) is 4.54. The Kier molecular flexibility index (Phi) is 6.04. The summed E-state index contributed by atoms with van der Waals surface area (Å²) in [5.74, 6) is 0. The van der Waals surface area contributed by atoms with E-state index in [1.54, 1.807) is 18.4 Å². The molecule has 5 nitrogen and oxygen atoms in total. The van der Waals surface area contributed by atoms with Crippen LogP contribution >= 0.6 is 23.6 Å². The molecule has 0 aliphatic rings. The van der Waals surface area contributed by atoms with Crippen LogP contribution in [0.2, 0.25) is 0 Å². The lowest BCUT2D eigenvalue weighted by Gasteiger charge is -2.06. The molecule has 0 spiro atoms. The molecule has 2 rings (SSSR count). The molecule has 1 aromatic heterocycles. The molecule has 1 heterocycles. The molecule has 1 aromatic carbocycles. The molecule has 0 radical (unpaired) electrons. The molecular weight excluding hydrogens is 304 g/mol. The minimum atomic E-state index is 0.506. The highest BCUT2D eigenvalue weighted by atomic mass is 32.1. The molecule has 0 unspecified atom stereocenters. The van der Waals surface area contributed by atoms with Crippen molar-refractivity contribution < 1.29 is 4.74 Å². The Bertz CT molecular complexity index is 606. The lowest BCUT2D eigenvalue weighted by molar-refractivity contribution is 0.195. The molecule has 0 fully saturated rings. The maximum atomic E-state index is 5.15. The number of hydrogen-bond acceptors (Lipinski definition) is 5. The van der Waals surface area contributed by atoms with Gasteiger partial charge in [-0.15, -0.1) is 11.3 Å². The molecule has 21 heavy (non-hydrogen) atoms. The number of hydrogen-bond donors (Lipinski definition) is 2. The molecule has 0 saturated carbocycles. The van der Waals surface area contributed by atoms with Gasteiger partial charge in [-0.2, -0.15) is 5.10 Å². The first kappa shape index (κ1) is 15.8. The maximum absolute atomic E-state index is 5.15. The molecule has 0 amide bonds. The van der Waals surface area contributed by atoms with Crippen LogP contribution in [0.25, 0.3) is 10.2 Å². The summed E-state index contributed by atoms with van der Waals surface area (Å²) in [7, 11) is 1.68. The van der Waals surface area contributed by atoms with Crippen molar-refractivity contribution in [3.63, 3.8) is 0 Å². The number of benzene rings is 1. The van der Waals surface area contributed by atoms with E-state index in [1.165, 1.54) is 0 Å². The second-order valence-electron chi connectivity index (χ2n) is 4.40. The minimum absolute atomic E-state index is 0.506. The van der Waals surface area contributed by atoms with E-state index in [0.717, 1.165) is 33.9 Å². The first-order valence-corrected chi connectivity index (χ1v) is 7.86. The molecule has 0 saturated heterocycles. The lowest BCUT2D eigenvalue weighted by Crippen LogP contribution is -2.33. The number of nitrogens with zero attached hydrogens (tertiary/aromatic N) is 2. The number of methoxy groups -OCH3 is 1. The van der Waals surface area contributed by atoms with E-state index < -0.39 is 0 Å². The van der Waals surface area contributed by atoms with E-state index in [2.05, 4.69) is 26.9 Å². The normalized spacial score (nSPS) is 11.6. The van der Waals surface area contributed by atoms with Crippen molar-refractivity contribution in [3.8, 4) is 0 Å². The molecule has 7 heteroatoms. The van der Waals surface area contributed by atoms with Crippen molar-refractivity contribution in [1.29, 1.82) is 0 Å². The summed E-state index contributed by atoms with van der Waals surface area (Å²) in [5, 5.41) is 8.74. The Morgan fingerprint density at radius 1 is 1.43 bits per heavy atom. The van der Waals surface area contributed by atoms with Crippen LogP contribution in [0.15, 0.2) is 29.4 Å². The fourth-order valence-electron chi connectivity index (χ4n) is 1.67. The van der Waals surface area contributed by atoms with E-state index in [4.69, 9.17) is 17.0 Å². The monoisotopic (exact) mass is 322 g/mol. The molecule has 0 aliphatic heterocycles. The van der Waals surface area contributed by atoms with Crippen molar-refractivity contribution in [3.05, 3.63) is 29.3 Å². The SMILES string of the molecule is COCCCNC(=S)NN=C(C)c1nc2ccccc2s1. The number of ether oxygens (including phenoxy) is 1. The molecule has 0 atom stereocenters. The summed E-state index contributed by atoms with van der Waals surface area (Å²) in [6.07, 6.45) is 0.902. The quantitative estimate of drug-likeness (QED) is 0.370. The van der Waals surface area contributed by atoms with Crippen LogP contribution in [-0.2, 0) is 4.74 Å². The zero-order valence-corrected chi connectivity index (χ0v) is 13.7. The second-order valence-corrected chi connectivity index (χ2v) is 5.84. The molecular formula is C14H18N4OS2. The molecule has 112 valence electrons. The largest absolute Gasteiger partial charge is 0.385 e. The van der Waals surface area contributed by atoms with Crippen LogP contribution in [0.1, 0.15) is 18.4 Å². The van der Waals surface area contributed by atoms with Gasteiger partial charge in [-0.25, -0.2) is 4.98 Å². The van der Waals surface area contributed by atoms with Crippen molar-refractivity contribution in [1.82, 2.24) is 15.7 Å². The van der Waals surface area contributed by atoms with Crippen molar-refractivity contribution >= 4 is 44.6 Å². The Balaban J connectivity index is 1.90. The predicted octanol–water partition coefficient (Wildman–Crippen LogP) is 2.52. The molecule has 0 aliphatic carbocycles. The standard InChI is InChI=1S/C14H18N4OS2/c1-10(17-18-14(20)15-8-5-9-19-2)13-16-11-6-3-4-7-12(11)21-13/h3-4,6-7H,5,8-9H2,1-2H3,(H2,15,18,20). The van der Waals surface area contributed by atoms with Gasteiger partial charge >= 0.3 is 0 Å². The van der Waals surface area contributed by atoms with Crippen LogP contribution in [0.3, 0.4) is 0 Å². The van der Waals surface area contributed by atoms with E-state index in [0.29, 0.717) is 11.7 Å². The van der Waals surface area contributed by atoms with Gasteiger partial charge in [-0.05, 0) is 37.7 Å². The fraction of sp³-hybridized carbons (Fsp3) is 0.357. The van der Waals surface area contributed by atoms with Gasteiger partial charge in [0.15, 0.2) is 5.11 Å². The predicted molar refractivity (Wildman–Crippen MR) is 92.1 cm³/mol. The van der Waals surface area contributed by atoms with E-state index >= 15 is 0 Å². The van der Waals surface area contributed by atoms with Gasteiger partial charge in [0.1, 0.15) is 5.01 Å². The van der Waals surface area contributed by atoms with Crippen LogP contribution in [0, 0.1) is 0 Å². The molecule has 2 N–H and O–H groups in total. The second kappa shape index (κ2) is 8.02. The highest BCUT2D eigenvalue weighted by Gasteiger charge is 2.06. The summed E-state index contributed by atoms with van der Waals surface area (Å²) in [6.45, 7) is 3.39. The van der Waals surface area contributed by atoms with Crippen molar-refractivity contribution in [2.45, 2.75) is 13.3 Å². The number of aromatic nitrogens is 1. The van der Waals surface area contributed by atoms with Crippen LogP contribution < -0.4 is 10.7 Å². The van der Waals surface area contributed by atoms with Gasteiger partial charge in [0.25, 0.3) is 0 Å². The number of hydrazone groups is 1. The molecule has 2 aromatic rings. The van der Waals surface area contributed by atoms with Crippen LogP contribution in [0.4, 0.5) is 0 Å². The summed E-state index contributed by atoms with van der Waals surface area (Å²) in [5.41, 5.74) is 4.65. The van der Waals surface area contributed by atoms with Gasteiger partial charge in [0.05, 0.1) is 15.9 Å². The van der Waals surface area contributed by atoms with Gasteiger partial charge in [-0.1, -0.05) is 12.1 Å². The number of thiazole rings is 1. The van der Waals surface area contributed by atoms with Crippen LogP contribution in [-0.4, -0.2) is 36.1 Å². The van der Waals surface area contributed by atoms with Gasteiger partial charge < -0.3 is 10.1 Å². The zero-order valence-electron chi connectivity index (χ0n) is 12.0. The average Bonchev–Trinajstić information content (AvgIpc) is 2.93.